The molecule has 1 aliphatic heterocycles. The zero-order valence-corrected chi connectivity index (χ0v) is 18.5. The topological polar surface area (TPSA) is 79.4 Å². The van der Waals surface area contributed by atoms with E-state index in [2.05, 4.69) is 10.7 Å². The first-order valence-corrected chi connectivity index (χ1v) is 13.2. The highest BCUT2D eigenvalue weighted by Crippen LogP contribution is 2.33. The van der Waals surface area contributed by atoms with Crippen LogP contribution in [0.3, 0.4) is 0 Å². The summed E-state index contributed by atoms with van der Waals surface area (Å²) in [5.41, 5.74) is 1.23. The lowest BCUT2D eigenvalue weighted by atomic mass is 9.87. The molecule has 2 aliphatic rings. The van der Waals surface area contributed by atoms with Crippen molar-refractivity contribution in [2.45, 2.75) is 70.6 Å². The third-order valence-electron chi connectivity index (χ3n) is 5.84. The van der Waals surface area contributed by atoms with Crippen molar-refractivity contribution in [3.8, 4) is 0 Å². The summed E-state index contributed by atoms with van der Waals surface area (Å²) in [6.45, 7) is 3.28. The molecule has 1 saturated heterocycles. The van der Waals surface area contributed by atoms with Crippen molar-refractivity contribution < 1.29 is 13.2 Å². The van der Waals surface area contributed by atoms with E-state index in [0.717, 1.165) is 24.3 Å². The van der Waals surface area contributed by atoms with Gasteiger partial charge < -0.3 is 5.32 Å². The molecule has 28 heavy (non-hydrogen) atoms. The van der Waals surface area contributed by atoms with Gasteiger partial charge in [0.2, 0.25) is 15.9 Å². The van der Waals surface area contributed by atoms with Crippen LogP contribution in [0.5, 0.6) is 0 Å². The minimum atomic E-state index is -3.23. The summed E-state index contributed by atoms with van der Waals surface area (Å²) in [5.74, 6) is 0.510. The first-order valence-electron chi connectivity index (χ1n) is 10.7. The number of hydrogen-bond acceptors (Lipinski definition) is 5. The molecule has 0 spiro atoms. The number of aromatic nitrogens is 1. The average Bonchev–Trinajstić information content (AvgIpc) is 3.17. The van der Waals surface area contributed by atoms with Crippen LogP contribution < -0.4 is 5.32 Å². The van der Waals surface area contributed by atoms with Crippen molar-refractivity contribution in [1.82, 2.24) is 14.6 Å². The molecule has 1 unspecified atom stereocenters. The Balaban J connectivity index is 1.44. The van der Waals surface area contributed by atoms with Gasteiger partial charge in [-0.25, -0.2) is 17.7 Å². The molecular formula is C20H33N3O3S2. The van der Waals surface area contributed by atoms with Gasteiger partial charge in [0.15, 0.2) is 0 Å². The number of rotatable bonds is 8. The predicted molar refractivity (Wildman–Crippen MR) is 113 cm³/mol. The lowest BCUT2D eigenvalue weighted by Gasteiger charge is -2.31. The monoisotopic (exact) mass is 427 g/mol. The average molecular weight is 428 g/mol. The highest BCUT2D eigenvalue weighted by atomic mass is 32.2. The number of amides is 1. The number of carbonyl (C=O) groups excluding carboxylic acids is 1. The smallest absolute Gasteiger partial charge is 0.224 e. The van der Waals surface area contributed by atoms with Gasteiger partial charge in [-0.1, -0.05) is 26.2 Å². The molecule has 158 valence electrons. The molecule has 1 amide bonds. The maximum atomic E-state index is 12.5. The van der Waals surface area contributed by atoms with Crippen molar-refractivity contribution in [3.63, 3.8) is 0 Å². The van der Waals surface area contributed by atoms with Gasteiger partial charge in [0, 0.05) is 37.4 Å². The van der Waals surface area contributed by atoms with Gasteiger partial charge in [0.05, 0.1) is 22.4 Å². The summed E-state index contributed by atoms with van der Waals surface area (Å²) in [5, 5.41) is 6.27. The van der Waals surface area contributed by atoms with E-state index >= 15 is 0 Å². The fourth-order valence-corrected chi connectivity index (χ4v) is 6.73. The van der Waals surface area contributed by atoms with Crippen LogP contribution in [0.1, 0.15) is 74.9 Å². The Morgan fingerprint density at radius 2 is 2.04 bits per heavy atom. The van der Waals surface area contributed by atoms with Crippen molar-refractivity contribution in [3.05, 3.63) is 16.1 Å². The van der Waals surface area contributed by atoms with Crippen LogP contribution in [-0.2, 0) is 21.2 Å². The van der Waals surface area contributed by atoms with E-state index in [1.54, 1.807) is 11.3 Å². The van der Waals surface area contributed by atoms with Crippen LogP contribution >= 0.6 is 11.3 Å². The molecular weight excluding hydrogens is 394 g/mol. The number of sulfonamides is 1. The fraction of sp³-hybridized carbons (Fsp3) is 0.800. The second-order valence-corrected chi connectivity index (χ2v) is 11.1. The molecule has 1 aromatic rings. The Morgan fingerprint density at radius 1 is 1.25 bits per heavy atom. The molecule has 1 saturated carbocycles. The second kappa shape index (κ2) is 10.2. The lowest BCUT2D eigenvalue weighted by Crippen LogP contribution is -2.46. The summed E-state index contributed by atoms with van der Waals surface area (Å²) >= 11 is 1.69. The summed E-state index contributed by atoms with van der Waals surface area (Å²) < 4.78 is 26.0. The second-order valence-electron chi connectivity index (χ2n) is 8.06. The third-order valence-corrected chi connectivity index (χ3v) is 8.81. The number of thiazole rings is 1. The normalized spacial score (nSPS) is 22.2. The molecule has 1 aromatic heterocycles. The Bertz CT molecular complexity index is 742. The SMILES string of the molecule is CCCS(=O)(=O)N1CCCC(C(=O)NCCc2nc(C3CCCCC3)cs2)C1. The predicted octanol–water partition coefficient (Wildman–Crippen LogP) is 3.30. The van der Waals surface area contributed by atoms with Crippen LogP contribution in [0.2, 0.25) is 0 Å². The summed E-state index contributed by atoms with van der Waals surface area (Å²) in [6, 6.07) is 0. The van der Waals surface area contributed by atoms with Gasteiger partial charge in [-0.05, 0) is 32.1 Å². The van der Waals surface area contributed by atoms with E-state index in [1.165, 1.54) is 42.1 Å². The molecule has 0 bridgehead atoms. The number of nitrogens with one attached hydrogen (secondary N) is 1. The molecule has 0 aromatic carbocycles. The van der Waals surface area contributed by atoms with Gasteiger partial charge >= 0.3 is 0 Å². The number of carbonyl (C=O) groups is 1. The van der Waals surface area contributed by atoms with E-state index in [1.807, 2.05) is 6.92 Å². The third kappa shape index (κ3) is 5.76. The summed E-state index contributed by atoms with van der Waals surface area (Å²) in [7, 11) is -3.23. The van der Waals surface area contributed by atoms with Gasteiger partial charge in [0.25, 0.3) is 0 Å². The molecule has 8 heteroatoms. The van der Waals surface area contributed by atoms with Crippen LogP contribution in [0.15, 0.2) is 5.38 Å². The zero-order valence-electron chi connectivity index (χ0n) is 16.9. The van der Waals surface area contributed by atoms with E-state index in [0.29, 0.717) is 32.0 Å². The molecule has 2 fully saturated rings. The van der Waals surface area contributed by atoms with E-state index in [9.17, 15) is 13.2 Å². The van der Waals surface area contributed by atoms with Crippen molar-refractivity contribution in [2.24, 2.45) is 5.92 Å². The lowest BCUT2D eigenvalue weighted by molar-refractivity contribution is -0.126. The Labute approximate surface area is 173 Å². The highest BCUT2D eigenvalue weighted by Gasteiger charge is 2.31. The Morgan fingerprint density at radius 3 is 2.79 bits per heavy atom. The van der Waals surface area contributed by atoms with Gasteiger partial charge in [-0.15, -0.1) is 11.3 Å². The van der Waals surface area contributed by atoms with Crippen LogP contribution in [0, 0.1) is 5.92 Å². The van der Waals surface area contributed by atoms with Crippen LogP contribution in [-0.4, -0.2) is 49.0 Å². The molecule has 3 rings (SSSR count). The van der Waals surface area contributed by atoms with Crippen LogP contribution in [0.25, 0.3) is 0 Å². The molecule has 1 aliphatic carbocycles. The first kappa shape index (κ1) is 21.7. The Hall–Kier alpha value is -0.990. The number of piperidine rings is 1. The molecule has 1 atom stereocenters. The number of nitrogens with zero attached hydrogens (tertiary/aromatic N) is 2. The number of hydrogen-bond donors (Lipinski definition) is 1. The molecule has 1 N–H and O–H groups in total. The van der Waals surface area contributed by atoms with E-state index in [-0.39, 0.29) is 17.6 Å². The fourth-order valence-electron chi connectivity index (χ4n) is 4.26. The van der Waals surface area contributed by atoms with E-state index < -0.39 is 10.0 Å². The molecule has 0 radical (unpaired) electrons. The van der Waals surface area contributed by atoms with Crippen molar-refractivity contribution in [1.29, 1.82) is 0 Å². The molecule has 6 nitrogen and oxygen atoms in total. The van der Waals surface area contributed by atoms with Crippen molar-refractivity contribution >= 4 is 27.3 Å². The standard InChI is InChI=1S/C20H33N3O3S2/c1-2-13-28(25,26)23-12-6-9-17(14-23)20(24)21-11-10-19-22-18(15-27-19)16-7-4-3-5-8-16/h15-17H,2-14H2,1H3,(H,21,24). The van der Waals surface area contributed by atoms with Crippen LogP contribution in [0.4, 0.5) is 0 Å². The highest BCUT2D eigenvalue weighted by molar-refractivity contribution is 7.89. The zero-order chi connectivity index (χ0) is 20.0. The summed E-state index contributed by atoms with van der Waals surface area (Å²) in [6.07, 6.45) is 9.31. The molecule has 2 heterocycles. The first-order chi connectivity index (χ1) is 13.5. The van der Waals surface area contributed by atoms with E-state index in [4.69, 9.17) is 4.98 Å². The maximum absolute atomic E-state index is 12.5. The Kier molecular flexibility index (Phi) is 7.88. The van der Waals surface area contributed by atoms with Gasteiger partial charge in [0.1, 0.15) is 0 Å². The largest absolute Gasteiger partial charge is 0.355 e. The maximum Gasteiger partial charge on any atom is 0.224 e. The van der Waals surface area contributed by atoms with Crippen molar-refractivity contribution in [2.75, 3.05) is 25.4 Å². The summed E-state index contributed by atoms with van der Waals surface area (Å²) in [4.78, 5) is 17.3. The van der Waals surface area contributed by atoms with Gasteiger partial charge in [-0.3, -0.25) is 4.79 Å². The minimum Gasteiger partial charge on any atom is -0.355 e. The van der Waals surface area contributed by atoms with Gasteiger partial charge in [-0.2, -0.15) is 0 Å². The minimum absolute atomic E-state index is 0.0274. The quantitative estimate of drug-likeness (QED) is 0.690.